The molecule has 1 nitrogen and oxygen atoms in total. The number of carbonyl (C=O) groups excluding carboxylic acids is 1. The first kappa shape index (κ1) is 11.0. The monoisotopic (exact) mass is 268 g/mol. The van der Waals surface area contributed by atoms with Crippen LogP contribution in [-0.4, -0.2) is 5.78 Å². The lowest BCUT2D eigenvalue weighted by Crippen LogP contribution is -2.23. The Labute approximate surface area is 121 Å². The predicted molar refractivity (Wildman–Crippen MR) is 86.5 cm³/mol. The summed E-state index contributed by atoms with van der Waals surface area (Å²) >= 11 is 0. The maximum Gasteiger partial charge on any atom is 0.186 e. The normalized spacial score (nSPS) is 19.0. The van der Waals surface area contributed by atoms with Gasteiger partial charge in [-0.25, -0.2) is 0 Å². The molecule has 3 aromatic rings. The standard InChI is InChI=1S/C20H12O/c21-17-11-10-13-6-2-8-15-14-7-1-4-12-5-3-9-16(18(12)14)20(17)19(13)15/h1-11,13H. The van der Waals surface area contributed by atoms with Crippen molar-refractivity contribution in [3.8, 4) is 0 Å². The average Bonchev–Trinajstić information content (AvgIpc) is 2.53. The zero-order valence-electron chi connectivity index (χ0n) is 11.3. The Morgan fingerprint density at radius 2 is 1.71 bits per heavy atom. The lowest BCUT2D eigenvalue weighted by atomic mass is 9.79. The Kier molecular flexibility index (Phi) is 1.95. The van der Waals surface area contributed by atoms with Gasteiger partial charge in [0.1, 0.15) is 0 Å². The van der Waals surface area contributed by atoms with Crippen molar-refractivity contribution in [2.75, 3.05) is 0 Å². The van der Waals surface area contributed by atoms with Gasteiger partial charge in [0.25, 0.3) is 0 Å². The first-order valence-corrected chi connectivity index (χ1v) is 7.22. The van der Waals surface area contributed by atoms with Crippen LogP contribution in [0.5, 0.6) is 0 Å². The molecule has 0 spiro atoms. The minimum atomic E-state index is 0.129. The zero-order chi connectivity index (χ0) is 14.0. The summed E-state index contributed by atoms with van der Waals surface area (Å²) in [7, 11) is 0. The average molecular weight is 268 g/mol. The van der Waals surface area contributed by atoms with Crippen LogP contribution in [0.15, 0.2) is 60.7 Å². The lowest BCUT2D eigenvalue weighted by Gasteiger charge is -2.24. The van der Waals surface area contributed by atoms with E-state index < -0.39 is 0 Å². The number of rotatable bonds is 0. The SMILES string of the molecule is O=C1C=CC2C=CC=c3c2c1c1cccc2cccc3c21. The molecule has 1 heteroatoms. The summed E-state index contributed by atoms with van der Waals surface area (Å²) in [6, 6.07) is 12.6. The molecule has 0 saturated heterocycles. The van der Waals surface area contributed by atoms with Crippen molar-refractivity contribution in [1.29, 1.82) is 0 Å². The van der Waals surface area contributed by atoms with E-state index in [-0.39, 0.29) is 11.7 Å². The van der Waals surface area contributed by atoms with Crippen LogP contribution in [0.25, 0.3) is 27.6 Å². The van der Waals surface area contributed by atoms with Crippen LogP contribution < -0.4 is 5.22 Å². The second-order valence-electron chi connectivity index (χ2n) is 5.71. The van der Waals surface area contributed by atoms with Crippen LogP contribution in [0.1, 0.15) is 21.8 Å². The van der Waals surface area contributed by atoms with Crippen molar-refractivity contribution in [3.05, 3.63) is 77.0 Å². The van der Waals surface area contributed by atoms with E-state index in [0.717, 1.165) is 10.9 Å². The third-order valence-electron chi connectivity index (χ3n) is 4.64. The molecule has 0 bridgehead atoms. The highest BCUT2D eigenvalue weighted by molar-refractivity contribution is 6.22. The van der Waals surface area contributed by atoms with Gasteiger partial charge in [-0.1, -0.05) is 60.7 Å². The summed E-state index contributed by atoms with van der Waals surface area (Å²) in [6.45, 7) is 0. The zero-order valence-corrected chi connectivity index (χ0v) is 11.3. The molecule has 0 radical (unpaired) electrons. The Morgan fingerprint density at radius 1 is 0.905 bits per heavy atom. The number of hydrogen-bond donors (Lipinski definition) is 0. The molecule has 21 heavy (non-hydrogen) atoms. The highest BCUT2D eigenvalue weighted by atomic mass is 16.1. The fraction of sp³-hybridized carbons (Fsp3) is 0.0500. The van der Waals surface area contributed by atoms with E-state index in [1.54, 1.807) is 6.08 Å². The Morgan fingerprint density at radius 3 is 2.57 bits per heavy atom. The summed E-state index contributed by atoms with van der Waals surface area (Å²) < 4.78 is 0. The fourth-order valence-electron chi connectivity index (χ4n) is 3.79. The topological polar surface area (TPSA) is 17.1 Å². The molecule has 0 saturated carbocycles. The number of allylic oxidation sites excluding steroid dienone is 4. The highest BCUT2D eigenvalue weighted by Gasteiger charge is 2.26. The molecule has 2 aliphatic rings. The first-order chi connectivity index (χ1) is 10.3. The van der Waals surface area contributed by atoms with E-state index in [0.29, 0.717) is 0 Å². The molecule has 0 aliphatic heterocycles. The van der Waals surface area contributed by atoms with Crippen molar-refractivity contribution in [2.45, 2.75) is 5.92 Å². The van der Waals surface area contributed by atoms with Crippen LogP contribution in [-0.2, 0) is 0 Å². The third-order valence-corrected chi connectivity index (χ3v) is 4.64. The van der Waals surface area contributed by atoms with Crippen LogP contribution in [0.4, 0.5) is 0 Å². The lowest BCUT2D eigenvalue weighted by molar-refractivity contribution is 0.104. The number of fused-ring (bicyclic) bond motifs is 2. The molecule has 98 valence electrons. The Hall–Kier alpha value is -2.67. The second kappa shape index (κ2) is 3.70. The van der Waals surface area contributed by atoms with Crippen molar-refractivity contribution < 1.29 is 4.79 Å². The molecule has 1 atom stereocenters. The molecule has 0 amide bonds. The molecule has 0 N–H and O–H groups in total. The molecule has 2 aliphatic carbocycles. The van der Waals surface area contributed by atoms with Gasteiger partial charge in [-0.3, -0.25) is 4.79 Å². The summed E-state index contributed by atoms with van der Waals surface area (Å²) in [5, 5.41) is 5.96. The largest absolute Gasteiger partial charge is 0.289 e. The van der Waals surface area contributed by atoms with Crippen molar-refractivity contribution in [1.82, 2.24) is 0 Å². The van der Waals surface area contributed by atoms with Crippen molar-refractivity contribution in [3.63, 3.8) is 0 Å². The second-order valence-corrected chi connectivity index (χ2v) is 5.71. The number of benzene rings is 3. The third kappa shape index (κ3) is 1.28. The van der Waals surface area contributed by atoms with Crippen molar-refractivity contribution >= 4 is 33.4 Å². The molecule has 3 aromatic carbocycles. The first-order valence-electron chi connectivity index (χ1n) is 7.22. The summed E-state index contributed by atoms with van der Waals surface area (Å²) in [6.07, 6.45) is 10.1. The molecule has 5 rings (SSSR count). The van der Waals surface area contributed by atoms with Crippen LogP contribution in [0, 0.1) is 0 Å². The highest BCUT2D eigenvalue weighted by Crippen LogP contribution is 2.36. The van der Waals surface area contributed by atoms with Crippen LogP contribution in [0.3, 0.4) is 0 Å². The van der Waals surface area contributed by atoms with Gasteiger partial charge in [0, 0.05) is 11.5 Å². The van der Waals surface area contributed by atoms with Gasteiger partial charge in [-0.05, 0) is 38.4 Å². The smallest absolute Gasteiger partial charge is 0.186 e. The molecule has 0 heterocycles. The minimum Gasteiger partial charge on any atom is -0.289 e. The molecule has 1 unspecified atom stereocenters. The van der Waals surface area contributed by atoms with E-state index in [1.165, 1.54) is 26.9 Å². The molecule has 0 fully saturated rings. The quantitative estimate of drug-likeness (QED) is 0.604. The Balaban J connectivity index is 2.19. The van der Waals surface area contributed by atoms with E-state index in [4.69, 9.17) is 0 Å². The van der Waals surface area contributed by atoms with E-state index in [9.17, 15) is 4.79 Å². The van der Waals surface area contributed by atoms with E-state index >= 15 is 0 Å². The van der Waals surface area contributed by atoms with Gasteiger partial charge in [0.05, 0.1) is 0 Å². The van der Waals surface area contributed by atoms with Gasteiger partial charge in [-0.15, -0.1) is 0 Å². The molecular weight excluding hydrogens is 256 g/mol. The predicted octanol–water partition coefficient (Wildman–Crippen LogP) is 3.90. The van der Waals surface area contributed by atoms with Crippen LogP contribution in [0.2, 0.25) is 0 Å². The minimum absolute atomic E-state index is 0.129. The number of carbonyl (C=O) groups is 1. The summed E-state index contributed by atoms with van der Waals surface area (Å²) in [5.41, 5.74) is 2.07. The summed E-state index contributed by atoms with van der Waals surface area (Å²) in [5.74, 6) is 0.353. The van der Waals surface area contributed by atoms with Crippen LogP contribution >= 0.6 is 0 Å². The van der Waals surface area contributed by atoms with Gasteiger partial charge in [-0.2, -0.15) is 0 Å². The van der Waals surface area contributed by atoms with E-state index in [1.807, 2.05) is 12.1 Å². The fourth-order valence-corrected chi connectivity index (χ4v) is 3.79. The Bertz CT molecular complexity index is 1050. The maximum atomic E-state index is 12.5. The summed E-state index contributed by atoms with van der Waals surface area (Å²) in [4.78, 5) is 12.5. The number of ketones is 1. The molecular formula is C20H12O. The van der Waals surface area contributed by atoms with Crippen molar-refractivity contribution in [2.24, 2.45) is 0 Å². The van der Waals surface area contributed by atoms with E-state index in [2.05, 4.69) is 48.6 Å². The van der Waals surface area contributed by atoms with Gasteiger partial charge >= 0.3 is 0 Å². The van der Waals surface area contributed by atoms with Gasteiger partial charge in [0.2, 0.25) is 0 Å². The maximum absolute atomic E-state index is 12.5. The van der Waals surface area contributed by atoms with Gasteiger partial charge < -0.3 is 0 Å². The molecule has 0 aromatic heterocycles. The van der Waals surface area contributed by atoms with Gasteiger partial charge in [0.15, 0.2) is 5.78 Å². The number of hydrogen-bond acceptors (Lipinski definition) is 1.